The molecule has 0 bridgehead atoms. The molecule has 84 valence electrons. The zero-order valence-corrected chi connectivity index (χ0v) is 9.50. The number of likely N-dealkylation sites (tertiary alicyclic amines) is 1. The van der Waals surface area contributed by atoms with E-state index in [1.54, 1.807) is 0 Å². The Morgan fingerprint density at radius 2 is 2.07 bits per heavy atom. The molecule has 1 unspecified atom stereocenters. The zero-order valence-electron chi connectivity index (χ0n) is 9.50. The molecule has 0 saturated carbocycles. The minimum atomic E-state index is -0.0730. The first-order valence-electron chi connectivity index (χ1n) is 5.62. The summed E-state index contributed by atoms with van der Waals surface area (Å²) < 4.78 is 0. The number of hydrogen-bond donors (Lipinski definition) is 2. The highest BCUT2D eigenvalue weighted by molar-refractivity contribution is 4.77. The molecule has 1 aliphatic rings. The van der Waals surface area contributed by atoms with Gasteiger partial charge in [-0.3, -0.25) is 0 Å². The molecule has 3 heteroatoms. The number of rotatable bonds is 3. The maximum Gasteiger partial charge on any atom is 0.0595 e. The molecule has 1 heterocycles. The van der Waals surface area contributed by atoms with Crippen LogP contribution in [0.15, 0.2) is 0 Å². The van der Waals surface area contributed by atoms with Crippen molar-refractivity contribution in [2.75, 3.05) is 26.2 Å². The standard InChI is InChI=1S/C11H24N2O/c1-11(2)4-3-6-13(7-5-11)8-10(12)9-14/h10,14H,3-9,12H2,1-2H3. The fourth-order valence-electron chi connectivity index (χ4n) is 2.05. The highest BCUT2D eigenvalue weighted by Gasteiger charge is 2.23. The molecule has 0 aromatic heterocycles. The maximum atomic E-state index is 8.89. The molecule has 0 aromatic rings. The second kappa shape index (κ2) is 5.10. The normalized spacial score (nSPS) is 25.7. The van der Waals surface area contributed by atoms with Gasteiger partial charge in [-0.2, -0.15) is 0 Å². The van der Waals surface area contributed by atoms with Gasteiger partial charge in [-0.05, 0) is 37.8 Å². The summed E-state index contributed by atoms with van der Waals surface area (Å²) in [7, 11) is 0. The minimum absolute atomic E-state index is 0.0730. The number of nitrogens with two attached hydrogens (primary N) is 1. The fraction of sp³-hybridized carbons (Fsp3) is 1.00. The number of nitrogens with zero attached hydrogens (tertiary/aromatic N) is 1. The van der Waals surface area contributed by atoms with Crippen molar-refractivity contribution in [3.8, 4) is 0 Å². The van der Waals surface area contributed by atoms with Crippen LogP contribution in [0.5, 0.6) is 0 Å². The van der Waals surface area contributed by atoms with Crippen LogP contribution in [0.1, 0.15) is 33.1 Å². The van der Waals surface area contributed by atoms with Gasteiger partial charge in [0.05, 0.1) is 6.61 Å². The largest absolute Gasteiger partial charge is 0.395 e. The zero-order chi connectivity index (χ0) is 10.6. The van der Waals surface area contributed by atoms with E-state index in [1.807, 2.05) is 0 Å². The van der Waals surface area contributed by atoms with E-state index >= 15 is 0 Å². The Hall–Kier alpha value is -0.120. The van der Waals surface area contributed by atoms with Crippen LogP contribution in [0.2, 0.25) is 0 Å². The Morgan fingerprint density at radius 3 is 2.71 bits per heavy atom. The molecule has 1 fully saturated rings. The van der Waals surface area contributed by atoms with Gasteiger partial charge in [-0.15, -0.1) is 0 Å². The molecule has 1 saturated heterocycles. The van der Waals surface area contributed by atoms with Crippen LogP contribution < -0.4 is 5.73 Å². The predicted molar refractivity (Wildman–Crippen MR) is 59.1 cm³/mol. The molecule has 3 nitrogen and oxygen atoms in total. The van der Waals surface area contributed by atoms with Gasteiger partial charge < -0.3 is 15.7 Å². The van der Waals surface area contributed by atoms with Crippen LogP contribution in [-0.2, 0) is 0 Å². The van der Waals surface area contributed by atoms with Crippen LogP contribution >= 0.6 is 0 Å². The van der Waals surface area contributed by atoms with Gasteiger partial charge in [0, 0.05) is 12.6 Å². The molecule has 0 radical (unpaired) electrons. The van der Waals surface area contributed by atoms with E-state index in [0.717, 1.165) is 19.6 Å². The summed E-state index contributed by atoms with van der Waals surface area (Å²) in [5, 5.41) is 8.89. The van der Waals surface area contributed by atoms with Crippen LogP contribution in [0.3, 0.4) is 0 Å². The number of aliphatic hydroxyl groups is 1. The van der Waals surface area contributed by atoms with E-state index in [0.29, 0.717) is 5.41 Å². The van der Waals surface area contributed by atoms with Crippen molar-refractivity contribution in [3.05, 3.63) is 0 Å². The number of hydrogen-bond acceptors (Lipinski definition) is 3. The lowest BCUT2D eigenvalue weighted by molar-refractivity contribution is 0.200. The Morgan fingerprint density at radius 1 is 1.36 bits per heavy atom. The summed E-state index contributed by atoms with van der Waals surface area (Å²) in [6.45, 7) is 7.87. The van der Waals surface area contributed by atoms with Crippen molar-refractivity contribution in [2.45, 2.75) is 39.2 Å². The van der Waals surface area contributed by atoms with Gasteiger partial charge >= 0.3 is 0 Å². The van der Waals surface area contributed by atoms with Gasteiger partial charge in [0.2, 0.25) is 0 Å². The lowest BCUT2D eigenvalue weighted by atomic mass is 9.85. The van der Waals surface area contributed by atoms with E-state index in [9.17, 15) is 0 Å². The highest BCUT2D eigenvalue weighted by Crippen LogP contribution is 2.29. The Bertz CT molecular complexity index is 171. The van der Waals surface area contributed by atoms with Crippen molar-refractivity contribution < 1.29 is 5.11 Å². The second-order valence-electron chi connectivity index (χ2n) is 5.26. The molecule has 1 atom stereocenters. The van der Waals surface area contributed by atoms with Crippen molar-refractivity contribution in [2.24, 2.45) is 11.1 Å². The molecule has 14 heavy (non-hydrogen) atoms. The summed E-state index contributed by atoms with van der Waals surface area (Å²) >= 11 is 0. The molecular formula is C11H24N2O. The predicted octanol–water partition coefficient (Wildman–Crippen LogP) is 0.818. The minimum Gasteiger partial charge on any atom is -0.395 e. The van der Waals surface area contributed by atoms with Crippen LogP contribution in [0.4, 0.5) is 0 Å². The summed E-state index contributed by atoms with van der Waals surface area (Å²) in [6.07, 6.45) is 3.80. The van der Waals surface area contributed by atoms with Gasteiger partial charge in [0.1, 0.15) is 0 Å². The highest BCUT2D eigenvalue weighted by atomic mass is 16.3. The van der Waals surface area contributed by atoms with Gasteiger partial charge in [0.15, 0.2) is 0 Å². The number of aliphatic hydroxyl groups excluding tert-OH is 1. The topological polar surface area (TPSA) is 49.5 Å². The van der Waals surface area contributed by atoms with Crippen LogP contribution in [0, 0.1) is 5.41 Å². The first kappa shape index (κ1) is 12.0. The van der Waals surface area contributed by atoms with Gasteiger partial charge in [-0.25, -0.2) is 0 Å². The average Bonchev–Trinajstić information content (AvgIpc) is 2.28. The van der Waals surface area contributed by atoms with Crippen molar-refractivity contribution in [1.82, 2.24) is 4.90 Å². The fourth-order valence-corrected chi connectivity index (χ4v) is 2.05. The van der Waals surface area contributed by atoms with Crippen molar-refractivity contribution in [3.63, 3.8) is 0 Å². The average molecular weight is 200 g/mol. The molecular weight excluding hydrogens is 176 g/mol. The van der Waals surface area contributed by atoms with E-state index in [-0.39, 0.29) is 12.6 Å². The van der Waals surface area contributed by atoms with Crippen LogP contribution in [0.25, 0.3) is 0 Å². The van der Waals surface area contributed by atoms with E-state index in [1.165, 1.54) is 19.3 Å². The molecule has 0 amide bonds. The molecule has 1 rings (SSSR count). The SMILES string of the molecule is CC1(C)CCCN(CC(N)CO)CC1. The third kappa shape index (κ3) is 3.95. The Kier molecular flexibility index (Phi) is 4.35. The quantitative estimate of drug-likeness (QED) is 0.709. The van der Waals surface area contributed by atoms with Gasteiger partial charge in [-0.1, -0.05) is 13.8 Å². The first-order valence-corrected chi connectivity index (χ1v) is 5.62. The molecule has 0 aliphatic carbocycles. The molecule has 0 aromatic carbocycles. The molecule has 0 spiro atoms. The third-order valence-electron chi connectivity index (χ3n) is 3.16. The van der Waals surface area contributed by atoms with E-state index in [2.05, 4.69) is 18.7 Å². The van der Waals surface area contributed by atoms with E-state index < -0.39 is 0 Å². The summed E-state index contributed by atoms with van der Waals surface area (Å²) in [6, 6.07) is -0.0730. The first-order chi connectivity index (χ1) is 6.53. The summed E-state index contributed by atoms with van der Waals surface area (Å²) in [5.74, 6) is 0. The van der Waals surface area contributed by atoms with Gasteiger partial charge in [0.25, 0.3) is 0 Å². The second-order valence-corrected chi connectivity index (χ2v) is 5.26. The van der Waals surface area contributed by atoms with Crippen molar-refractivity contribution >= 4 is 0 Å². The van der Waals surface area contributed by atoms with Crippen molar-refractivity contribution in [1.29, 1.82) is 0 Å². The maximum absolute atomic E-state index is 8.89. The Balaban J connectivity index is 2.35. The molecule has 3 N–H and O–H groups in total. The molecule has 1 aliphatic heterocycles. The Labute approximate surface area is 87.3 Å². The summed E-state index contributed by atoms with van der Waals surface area (Å²) in [5.41, 5.74) is 6.21. The summed E-state index contributed by atoms with van der Waals surface area (Å²) in [4.78, 5) is 2.38. The smallest absolute Gasteiger partial charge is 0.0595 e. The van der Waals surface area contributed by atoms with Crippen LogP contribution in [-0.4, -0.2) is 42.3 Å². The monoisotopic (exact) mass is 200 g/mol. The lowest BCUT2D eigenvalue weighted by Gasteiger charge is -2.24. The third-order valence-corrected chi connectivity index (χ3v) is 3.16. The van der Waals surface area contributed by atoms with E-state index in [4.69, 9.17) is 10.8 Å². The lowest BCUT2D eigenvalue weighted by Crippen LogP contribution is -2.40.